The summed E-state index contributed by atoms with van der Waals surface area (Å²) in [5, 5.41) is 17.4. The molecule has 1 aliphatic rings. The zero-order valence-electron chi connectivity index (χ0n) is 15.1. The predicted molar refractivity (Wildman–Crippen MR) is 118 cm³/mol. The molecule has 2 aromatic heterocycles. The second kappa shape index (κ2) is 10.7. The largest absolute Gasteiger partial charge is 0.467 e. The Morgan fingerprint density at radius 2 is 2.33 bits per heavy atom. The van der Waals surface area contributed by atoms with Crippen molar-refractivity contribution in [2.75, 3.05) is 31.1 Å². The minimum atomic E-state index is -0.757. The lowest BCUT2D eigenvalue weighted by Gasteiger charge is -2.20. The summed E-state index contributed by atoms with van der Waals surface area (Å²) < 4.78 is 5.21. The number of nitrogens with one attached hydrogen (secondary N) is 2. The number of halogens is 2. The zero-order chi connectivity index (χ0) is 18.4. The third-order valence-electron chi connectivity index (χ3n) is 4.21. The van der Waals surface area contributed by atoms with Crippen LogP contribution in [0.25, 0.3) is 0 Å². The number of hydrogen-bond donors (Lipinski definition) is 3. The van der Waals surface area contributed by atoms with Crippen LogP contribution in [0.15, 0.2) is 46.1 Å². The van der Waals surface area contributed by atoms with Gasteiger partial charge in [-0.3, -0.25) is 4.99 Å². The van der Waals surface area contributed by atoms with Crippen LogP contribution in [0.1, 0.15) is 25.2 Å². The molecule has 0 aromatic carbocycles. The summed E-state index contributed by atoms with van der Waals surface area (Å²) in [6.45, 7) is 4.65. The van der Waals surface area contributed by atoms with E-state index < -0.39 is 6.10 Å². The van der Waals surface area contributed by atoms with Gasteiger partial charge >= 0.3 is 0 Å². The van der Waals surface area contributed by atoms with E-state index in [1.807, 2.05) is 19.1 Å². The van der Waals surface area contributed by atoms with Crippen LogP contribution in [-0.2, 0) is 0 Å². The molecule has 0 saturated carbocycles. The molecule has 1 saturated heterocycles. The van der Waals surface area contributed by atoms with E-state index in [2.05, 4.69) is 25.5 Å². The number of aliphatic imine (C=N–C) groups is 1. The third-order valence-corrected chi connectivity index (χ3v) is 4.50. The topological polar surface area (TPSA) is 85.9 Å². The van der Waals surface area contributed by atoms with Gasteiger partial charge in [0.25, 0.3) is 0 Å². The Kier molecular flexibility index (Phi) is 8.65. The van der Waals surface area contributed by atoms with Gasteiger partial charge in [0.1, 0.15) is 17.7 Å². The van der Waals surface area contributed by atoms with Crippen molar-refractivity contribution in [2.45, 2.75) is 25.5 Å². The molecule has 7 nitrogen and oxygen atoms in total. The lowest BCUT2D eigenvalue weighted by Crippen LogP contribution is -2.44. The first kappa shape index (κ1) is 21.8. The highest BCUT2D eigenvalue weighted by atomic mass is 127. The fourth-order valence-corrected chi connectivity index (χ4v) is 3.18. The summed E-state index contributed by atoms with van der Waals surface area (Å²) >= 11 is 6.24. The Balaban J connectivity index is 0.00000261. The van der Waals surface area contributed by atoms with Gasteiger partial charge in [0, 0.05) is 31.9 Å². The Labute approximate surface area is 181 Å². The smallest absolute Gasteiger partial charge is 0.191 e. The second-order valence-electron chi connectivity index (χ2n) is 6.14. The molecule has 0 amide bonds. The standard InChI is InChI=1S/C18H24ClN5O2.HI/c1-2-20-18(22-11-15(25)16-6-4-10-26-16)23-13-7-9-24(12-13)17-14(19)5-3-8-21-17;/h3-6,8,10,13,15,25H,2,7,9,11-12H2,1H3,(H2,20,22,23);1H. The zero-order valence-corrected chi connectivity index (χ0v) is 18.2. The van der Waals surface area contributed by atoms with Gasteiger partial charge in [0.15, 0.2) is 5.96 Å². The molecular formula is C18H25ClIN5O2. The van der Waals surface area contributed by atoms with E-state index >= 15 is 0 Å². The lowest BCUT2D eigenvalue weighted by molar-refractivity contribution is 0.158. The van der Waals surface area contributed by atoms with E-state index in [9.17, 15) is 5.11 Å². The van der Waals surface area contributed by atoms with E-state index in [1.165, 1.54) is 0 Å². The molecule has 3 N–H and O–H groups in total. The van der Waals surface area contributed by atoms with Gasteiger partial charge in [-0.2, -0.15) is 0 Å². The molecule has 1 fully saturated rings. The highest BCUT2D eigenvalue weighted by molar-refractivity contribution is 14.0. The second-order valence-corrected chi connectivity index (χ2v) is 6.54. The molecule has 0 radical (unpaired) electrons. The molecule has 0 aliphatic carbocycles. The van der Waals surface area contributed by atoms with E-state index in [0.717, 1.165) is 31.9 Å². The lowest BCUT2D eigenvalue weighted by atomic mass is 10.2. The average molecular weight is 506 g/mol. The van der Waals surface area contributed by atoms with Crippen LogP contribution in [0.2, 0.25) is 5.02 Å². The fraction of sp³-hybridized carbons (Fsp3) is 0.444. The first-order valence-electron chi connectivity index (χ1n) is 8.79. The van der Waals surface area contributed by atoms with Gasteiger partial charge in [0.05, 0.1) is 17.8 Å². The van der Waals surface area contributed by atoms with Crippen LogP contribution in [0.5, 0.6) is 0 Å². The number of guanidine groups is 1. The Bertz CT molecular complexity index is 728. The van der Waals surface area contributed by atoms with Gasteiger partial charge in [-0.15, -0.1) is 24.0 Å². The molecule has 1 aliphatic heterocycles. The quantitative estimate of drug-likeness (QED) is 0.318. The van der Waals surface area contributed by atoms with Crippen LogP contribution in [0, 0.1) is 0 Å². The molecular weight excluding hydrogens is 481 g/mol. The van der Waals surface area contributed by atoms with E-state index in [1.54, 1.807) is 24.6 Å². The van der Waals surface area contributed by atoms with Crippen LogP contribution < -0.4 is 15.5 Å². The number of furan rings is 1. The predicted octanol–water partition coefficient (Wildman–Crippen LogP) is 2.81. The van der Waals surface area contributed by atoms with E-state index in [4.69, 9.17) is 16.0 Å². The summed E-state index contributed by atoms with van der Waals surface area (Å²) in [4.78, 5) is 11.0. The van der Waals surface area contributed by atoms with Crippen molar-refractivity contribution in [3.8, 4) is 0 Å². The van der Waals surface area contributed by atoms with Crippen molar-refractivity contribution >= 4 is 47.4 Å². The first-order chi connectivity index (χ1) is 12.7. The maximum Gasteiger partial charge on any atom is 0.191 e. The number of anilines is 1. The molecule has 27 heavy (non-hydrogen) atoms. The molecule has 0 spiro atoms. The average Bonchev–Trinajstić information content (AvgIpc) is 3.32. The number of nitrogens with zero attached hydrogens (tertiary/aromatic N) is 3. The van der Waals surface area contributed by atoms with Crippen LogP contribution in [0.4, 0.5) is 5.82 Å². The van der Waals surface area contributed by atoms with Gasteiger partial charge in [-0.05, 0) is 37.6 Å². The maximum atomic E-state index is 10.1. The van der Waals surface area contributed by atoms with Crippen molar-refractivity contribution in [1.82, 2.24) is 15.6 Å². The number of pyridine rings is 1. The van der Waals surface area contributed by atoms with Crippen molar-refractivity contribution in [2.24, 2.45) is 4.99 Å². The minimum absolute atomic E-state index is 0. The molecule has 2 aromatic rings. The van der Waals surface area contributed by atoms with E-state index in [-0.39, 0.29) is 36.6 Å². The SMILES string of the molecule is CCNC(=NCC(O)c1ccco1)NC1CCN(c2ncccc2Cl)C1.I. The van der Waals surface area contributed by atoms with Crippen LogP contribution in [-0.4, -0.2) is 48.3 Å². The summed E-state index contributed by atoms with van der Waals surface area (Å²) in [5.74, 6) is 2.01. The van der Waals surface area contributed by atoms with Crippen molar-refractivity contribution < 1.29 is 9.52 Å². The highest BCUT2D eigenvalue weighted by Crippen LogP contribution is 2.25. The summed E-state index contributed by atoms with van der Waals surface area (Å²) in [5.41, 5.74) is 0. The van der Waals surface area contributed by atoms with Crippen LogP contribution in [0.3, 0.4) is 0 Å². The molecule has 9 heteroatoms. The van der Waals surface area contributed by atoms with Crippen LogP contribution >= 0.6 is 35.6 Å². The Hall–Kier alpha value is -1.52. The molecule has 148 valence electrons. The first-order valence-corrected chi connectivity index (χ1v) is 9.17. The van der Waals surface area contributed by atoms with E-state index in [0.29, 0.717) is 16.7 Å². The fourth-order valence-electron chi connectivity index (χ4n) is 2.94. The van der Waals surface area contributed by atoms with Crippen molar-refractivity contribution in [3.05, 3.63) is 47.5 Å². The highest BCUT2D eigenvalue weighted by Gasteiger charge is 2.25. The van der Waals surface area contributed by atoms with Crippen molar-refractivity contribution in [3.63, 3.8) is 0 Å². The molecule has 2 atom stereocenters. The molecule has 3 heterocycles. The Morgan fingerprint density at radius 3 is 3.04 bits per heavy atom. The third kappa shape index (κ3) is 5.98. The number of hydrogen-bond acceptors (Lipinski definition) is 5. The van der Waals surface area contributed by atoms with Gasteiger partial charge in [-0.25, -0.2) is 4.98 Å². The number of aliphatic hydroxyl groups is 1. The summed E-state index contributed by atoms with van der Waals surface area (Å²) in [7, 11) is 0. The monoisotopic (exact) mass is 505 g/mol. The van der Waals surface area contributed by atoms with Crippen molar-refractivity contribution in [1.29, 1.82) is 0 Å². The molecule has 0 bridgehead atoms. The minimum Gasteiger partial charge on any atom is -0.467 e. The summed E-state index contributed by atoms with van der Waals surface area (Å²) in [6, 6.07) is 7.41. The summed E-state index contributed by atoms with van der Waals surface area (Å²) in [6.07, 6.45) is 3.50. The molecule has 2 unspecified atom stereocenters. The number of aliphatic hydroxyl groups excluding tert-OH is 1. The molecule has 3 rings (SSSR count). The number of aromatic nitrogens is 1. The van der Waals surface area contributed by atoms with Gasteiger partial charge < -0.3 is 25.1 Å². The van der Waals surface area contributed by atoms with Gasteiger partial charge in [0.2, 0.25) is 0 Å². The normalized spacial score (nSPS) is 18.1. The van der Waals surface area contributed by atoms with Gasteiger partial charge in [-0.1, -0.05) is 11.6 Å². The number of rotatable bonds is 6. The maximum absolute atomic E-state index is 10.1. The Morgan fingerprint density at radius 1 is 1.48 bits per heavy atom.